The fourth-order valence-corrected chi connectivity index (χ4v) is 1.13. The second kappa shape index (κ2) is 6.76. The molecule has 0 heterocycles. The molecule has 0 aromatic heterocycles. The van der Waals surface area contributed by atoms with E-state index >= 15 is 0 Å². The van der Waals surface area contributed by atoms with Gasteiger partial charge in [-0.05, 0) is 40.3 Å². The minimum absolute atomic E-state index is 0.126. The van der Waals surface area contributed by atoms with Crippen molar-refractivity contribution < 1.29 is 9.90 Å². The Kier molecular flexibility index (Phi) is 6.47. The predicted octanol–water partition coefficient (Wildman–Crippen LogP) is -0.151. The number of hydrogen-bond donors (Lipinski definition) is 3. The van der Waals surface area contributed by atoms with E-state index in [9.17, 15) is 4.79 Å². The van der Waals surface area contributed by atoms with Crippen LogP contribution in [0.3, 0.4) is 0 Å². The molecule has 5 heteroatoms. The summed E-state index contributed by atoms with van der Waals surface area (Å²) in [7, 11) is 1.97. The van der Waals surface area contributed by atoms with Gasteiger partial charge in [-0.1, -0.05) is 0 Å². The highest BCUT2D eigenvalue weighted by molar-refractivity contribution is 5.75. The van der Waals surface area contributed by atoms with Gasteiger partial charge in [-0.25, -0.2) is 5.84 Å². The first-order valence-corrected chi connectivity index (χ1v) is 5.25. The van der Waals surface area contributed by atoms with Crippen molar-refractivity contribution in [2.24, 2.45) is 5.84 Å². The molecule has 0 rings (SSSR count). The van der Waals surface area contributed by atoms with Crippen LogP contribution in [0.1, 0.15) is 33.1 Å². The molecule has 5 nitrogen and oxygen atoms in total. The summed E-state index contributed by atoms with van der Waals surface area (Å²) < 4.78 is 0. The lowest BCUT2D eigenvalue weighted by Crippen LogP contribution is -2.44. The van der Waals surface area contributed by atoms with Crippen LogP contribution >= 0.6 is 0 Å². The van der Waals surface area contributed by atoms with Crippen molar-refractivity contribution in [3.05, 3.63) is 0 Å². The number of nitrogens with zero attached hydrogens (tertiary/aromatic N) is 1. The Morgan fingerprint density at radius 3 is 2.53 bits per heavy atom. The van der Waals surface area contributed by atoms with Crippen molar-refractivity contribution in [1.29, 1.82) is 0 Å². The topological polar surface area (TPSA) is 78.6 Å². The van der Waals surface area contributed by atoms with E-state index in [1.54, 1.807) is 0 Å². The largest absolute Gasteiger partial charge is 0.394 e. The van der Waals surface area contributed by atoms with E-state index in [1.807, 2.05) is 20.9 Å². The van der Waals surface area contributed by atoms with Crippen LogP contribution in [0.5, 0.6) is 0 Å². The molecule has 0 aliphatic heterocycles. The van der Waals surface area contributed by atoms with Crippen LogP contribution in [0.2, 0.25) is 0 Å². The number of likely N-dealkylation sites (N-methyl/N-ethyl adjacent to an activating group) is 1. The molecule has 0 bridgehead atoms. The first kappa shape index (κ1) is 14.3. The molecule has 0 fully saturated rings. The maximum absolute atomic E-state index is 10.8. The van der Waals surface area contributed by atoms with Crippen LogP contribution < -0.4 is 11.3 Å². The lowest BCUT2D eigenvalue weighted by Gasteiger charge is -2.33. The SMILES string of the molecule is CN(CCCCC(=O)NN)C(C)(C)CO. The van der Waals surface area contributed by atoms with Gasteiger partial charge in [0.05, 0.1) is 6.61 Å². The van der Waals surface area contributed by atoms with Crippen molar-refractivity contribution in [2.45, 2.75) is 38.6 Å². The third kappa shape index (κ3) is 5.71. The van der Waals surface area contributed by atoms with Crippen LogP contribution in [0.4, 0.5) is 0 Å². The molecule has 0 saturated carbocycles. The van der Waals surface area contributed by atoms with Gasteiger partial charge in [0.1, 0.15) is 0 Å². The minimum Gasteiger partial charge on any atom is -0.394 e. The minimum atomic E-state index is -0.198. The Hall–Kier alpha value is -0.650. The quantitative estimate of drug-likeness (QED) is 0.240. The Bertz CT molecular complexity index is 195. The molecule has 90 valence electrons. The number of amides is 1. The average Bonchev–Trinajstić information content (AvgIpc) is 2.23. The lowest BCUT2D eigenvalue weighted by molar-refractivity contribution is -0.121. The number of aliphatic hydroxyl groups is 1. The lowest BCUT2D eigenvalue weighted by atomic mass is 10.0. The van der Waals surface area contributed by atoms with E-state index in [0.717, 1.165) is 19.4 Å². The van der Waals surface area contributed by atoms with Gasteiger partial charge < -0.3 is 5.11 Å². The van der Waals surface area contributed by atoms with Gasteiger partial charge in [0.25, 0.3) is 0 Å². The highest BCUT2D eigenvalue weighted by atomic mass is 16.3. The molecular formula is C10H23N3O2. The zero-order chi connectivity index (χ0) is 11.9. The summed E-state index contributed by atoms with van der Waals surface area (Å²) >= 11 is 0. The Labute approximate surface area is 91.6 Å². The Morgan fingerprint density at radius 2 is 2.07 bits per heavy atom. The van der Waals surface area contributed by atoms with E-state index in [2.05, 4.69) is 10.3 Å². The summed E-state index contributed by atoms with van der Waals surface area (Å²) in [4.78, 5) is 12.9. The van der Waals surface area contributed by atoms with Crippen LogP contribution in [-0.4, -0.2) is 41.7 Å². The fourth-order valence-electron chi connectivity index (χ4n) is 1.13. The van der Waals surface area contributed by atoms with E-state index in [-0.39, 0.29) is 18.1 Å². The molecule has 0 spiro atoms. The molecule has 0 aromatic rings. The van der Waals surface area contributed by atoms with Crippen LogP contribution in [-0.2, 0) is 4.79 Å². The average molecular weight is 217 g/mol. The van der Waals surface area contributed by atoms with Gasteiger partial charge in [-0.15, -0.1) is 0 Å². The summed E-state index contributed by atoms with van der Waals surface area (Å²) in [5.41, 5.74) is 1.90. The van der Waals surface area contributed by atoms with Gasteiger partial charge in [0, 0.05) is 12.0 Å². The number of rotatable bonds is 7. The van der Waals surface area contributed by atoms with E-state index in [1.165, 1.54) is 0 Å². The molecule has 0 aliphatic rings. The maximum Gasteiger partial charge on any atom is 0.233 e. The summed E-state index contributed by atoms with van der Waals surface area (Å²) in [5.74, 6) is 4.84. The third-order valence-electron chi connectivity index (χ3n) is 2.73. The molecule has 1 amide bonds. The van der Waals surface area contributed by atoms with E-state index in [0.29, 0.717) is 6.42 Å². The van der Waals surface area contributed by atoms with E-state index < -0.39 is 0 Å². The van der Waals surface area contributed by atoms with Crippen LogP contribution in [0, 0.1) is 0 Å². The molecule has 0 saturated heterocycles. The Morgan fingerprint density at radius 1 is 1.47 bits per heavy atom. The van der Waals surface area contributed by atoms with Crippen molar-refractivity contribution in [2.75, 3.05) is 20.2 Å². The first-order valence-electron chi connectivity index (χ1n) is 5.25. The van der Waals surface area contributed by atoms with Crippen LogP contribution in [0.25, 0.3) is 0 Å². The number of carbonyl (C=O) groups is 1. The monoisotopic (exact) mass is 217 g/mol. The second-order valence-electron chi connectivity index (χ2n) is 4.42. The highest BCUT2D eigenvalue weighted by Gasteiger charge is 2.21. The summed E-state index contributed by atoms with van der Waals surface area (Å²) in [6.45, 7) is 4.97. The van der Waals surface area contributed by atoms with Gasteiger partial charge in [-0.3, -0.25) is 15.1 Å². The van der Waals surface area contributed by atoms with Gasteiger partial charge in [0.15, 0.2) is 0 Å². The van der Waals surface area contributed by atoms with Gasteiger partial charge in [-0.2, -0.15) is 0 Å². The molecule has 0 atom stereocenters. The molecule has 0 aromatic carbocycles. The molecule has 15 heavy (non-hydrogen) atoms. The number of nitrogens with two attached hydrogens (primary N) is 1. The molecular weight excluding hydrogens is 194 g/mol. The highest BCUT2D eigenvalue weighted by Crippen LogP contribution is 2.11. The fraction of sp³-hybridized carbons (Fsp3) is 0.900. The zero-order valence-corrected chi connectivity index (χ0v) is 9.92. The van der Waals surface area contributed by atoms with Gasteiger partial charge in [0.2, 0.25) is 5.91 Å². The van der Waals surface area contributed by atoms with Crippen molar-refractivity contribution in [1.82, 2.24) is 10.3 Å². The summed E-state index contributed by atoms with van der Waals surface area (Å²) in [6, 6.07) is 0. The molecule has 4 N–H and O–H groups in total. The standard InChI is InChI=1S/C10H23N3O2/c1-10(2,8-14)13(3)7-5-4-6-9(15)12-11/h14H,4-8,11H2,1-3H3,(H,12,15). The molecule has 0 radical (unpaired) electrons. The Balaban J connectivity index is 3.64. The zero-order valence-electron chi connectivity index (χ0n) is 9.92. The van der Waals surface area contributed by atoms with Crippen molar-refractivity contribution in [3.63, 3.8) is 0 Å². The normalized spacial score (nSPS) is 11.9. The molecule has 0 aliphatic carbocycles. The first-order chi connectivity index (χ1) is 6.94. The summed E-state index contributed by atoms with van der Waals surface area (Å²) in [6.07, 6.45) is 2.20. The van der Waals surface area contributed by atoms with Gasteiger partial charge >= 0.3 is 0 Å². The summed E-state index contributed by atoms with van der Waals surface area (Å²) in [5, 5.41) is 9.12. The van der Waals surface area contributed by atoms with Crippen molar-refractivity contribution >= 4 is 5.91 Å². The number of unbranched alkanes of at least 4 members (excludes halogenated alkanes) is 1. The number of hydrazine groups is 1. The maximum atomic E-state index is 10.8. The smallest absolute Gasteiger partial charge is 0.233 e. The third-order valence-corrected chi connectivity index (χ3v) is 2.73. The number of aliphatic hydroxyl groups excluding tert-OH is 1. The number of nitrogens with one attached hydrogen (secondary N) is 1. The van der Waals surface area contributed by atoms with E-state index in [4.69, 9.17) is 10.9 Å². The van der Waals surface area contributed by atoms with Crippen molar-refractivity contribution in [3.8, 4) is 0 Å². The van der Waals surface area contributed by atoms with Crippen LogP contribution in [0.15, 0.2) is 0 Å². The predicted molar refractivity (Wildman–Crippen MR) is 60.0 cm³/mol. The second-order valence-corrected chi connectivity index (χ2v) is 4.42. The molecule has 0 unspecified atom stereocenters. The number of carbonyl (C=O) groups excluding carboxylic acids is 1. The number of hydrogen-bond acceptors (Lipinski definition) is 4.